The van der Waals surface area contributed by atoms with Crippen LogP contribution in [0.1, 0.15) is 27.7 Å². The molecule has 0 radical (unpaired) electrons. The van der Waals surface area contributed by atoms with Gasteiger partial charge in [0, 0.05) is 13.7 Å². The Balaban J connectivity index is 3.99. The van der Waals surface area contributed by atoms with Crippen LogP contribution in [0.4, 0.5) is 0 Å². The van der Waals surface area contributed by atoms with Gasteiger partial charge in [0.2, 0.25) is 0 Å². The zero-order chi connectivity index (χ0) is 10.5. The highest BCUT2D eigenvalue weighted by molar-refractivity contribution is 4.75. The molecule has 0 aliphatic heterocycles. The first-order chi connectivity index (χ1) is 5.94. The summed E-state index contributed by atoms with van der Waals surface area (Å²) in [6, 6.07) is 0. The molecule has 0 saturated heterocycles. The molecule has 4 nitrogen and oxygen atoms in total. The third kappa shape index (κ3) is 4.57. The lowest BCUT2D eigenvalue weighted by Crippen LogP contribution is -2.42. The smallest absolute Gasteiger partial charge is 0.118 e. The molecule has 4 heteroatoms. The molecule has 13 heavy (non-hydrogen) atoms. The van der Waals surface area contributed by atoms with E-state index in [1.807, 2.05) is 27.7 Å². The number of aliphatic hydroxyl groups is 1. The van der Waals surface area contributed by atoms with E-state index in [2.05, 4.69) is 0 Å². The van der Waals surface area contributed by atoms with Gasteiger partial charge in [0.1, 0.15) is 12.8 Å². The van der Waals surface area contributed by atoms with Crippen LogP contribution in [-0.2, 0) is 9.57 Å². The largest absolute Gasteiger partial charge is 0.379 e. The van der Waals surface area contributed by atoms with Crippen molar-refractivity contribution in [1.29, 1.82) is 0 Å². The van der Waals surface area contributed by atoms with Crippen molar-refractivity contribution < 1.29 is 14.7 Å². The van der Waals surface area contributed by atoms with E-state index >= 15 is 0 Å². The van der Waals surface area contributed by atoms with Crippen LogP contribution in [0.15, 0.2) is 0 Å². The summed E-state index contributed by atoms with van der Waals surface area (Å²) < 4.78 is 5.50. The first-order valence-electron chi connectivity index (χ1n) is 4.56. The lowest BCUT2D eigenvalue weighted by atomic mass is 10.0. The van der Waals surface area contributed by atoms with Crippen LogP contribution in [-0.4, -0.2) is 42.3 Å². The SMILES string of the molecule is CCOC(C)(C)C(C)ON(C)CO. The minimum Gasteiger partial charge on any atom is -0.379 e. The number of hydroxylamine groups is 2. The predicted molar refractivity (Wildman–Crippen MR) is 51.1 cm³/mol. The number of hydrogen-bond acceptors (Lipinski definition) is 4. The van der Waals surface area contributed by atoms with Gasteiger partial charge in [-0.1, -0.05) is 0 Å². The number of rotatable bonds is 6. The molecule has 0 amide bonds. The van der Waals surface area contributed by atoms with E-state index in [9.17, 15) is 0 Å². The van der Waals surface area contributed by atoms with E-state index in [1.54, 1.807) is 7.05 Å². The molecule has 0 aromatic heterocycles. The Morgan fingerprint density at radius 3 is 2.38 bits per heavy atom. The van der Waals surface area contributed by atoms with Crippen molar-refractivity contribution in [3.05, 3.63) is 0 Å². The van der Waals surface area contributed by atoms with E-state index in [1.165, 1.54) is 5.06 Å². The van der Waals surface area contributed by atoms with Crippen LogP contribution in [0.25, 0.3) is 0 Å². The molecule has 80 valence electrons. The molecule has 0 aliphatic rings. The maximum Gasteiger partial charge on any atom is 0.118 e. The van der Waals surface area contributed by atoms with Gasteiger partial charge in [0.15, 0.2) is 0 Å². The van der Waals surface area contributed by atoms with Crippen molar-refractivity contribution in [3.63, 3.8) is 0 Å². The van der Waals surface area contributed by atoms with Gasteiger partial charge in [0.25, 0.3) is 0 Å². The van der Waals surface area contributed by atoms with Crippen LogP contribution in [0, 0.1) is 0 Å². The van der Waals surface area contributed by atoms with Gasteiger partial charge >= 0.3 is 0 Å². The molecule has 0 spiro atoms. The Hall–Kier alpha value is -0.160. The summed E-state index contributed by atoms with van der Waals surface area (Å²) in [5, 5.41) is 10.1. The first kappa shape index (κ1) is 12.8. The van der Waals surface area contributed by atoms with Gasteiger partial charge in [-0.2, -0.15) is 5.06 Å². The van der Waals surface area contributed by atoms with E-state index in [-0.39, 0.29) is 18.4 Å². The molecule has 0 fully saturated rings. The molecule has 0 saturated carbocycles. The normalized spacial score (nSPS) is 15.0. The standard InChI is InChI=1S/C9H21NO3/c1-6-12-9(3,4)8(2)13-10(5)7-11/h8,11H,6-7H2,1-5H3. The van der Waals surface area contributed by atoms with Crippen molar-refractivity contribution in [3.8, 4) is 0 Å². The maximum atomic E-state index is 8.74. The monoisotopic (exact) mass is 191 g/mol. The molecular formula is C9H21NO3. The molecule has 1 N–H and O–H groups in total. The molecule has 1 atom stereocenters. The van der Waals surface area contributed by atoms with Crippen molar-refractivity contribution >= 4 is 0 Å². The van der Waals surface area contributed by atoms with Gasteiger partial charge < -0.3 is 9.84 Å². The number of nitrogens with zero attached hydrogens (tertiary/aromatic N) is 1. The lowest BCUT2D eigenvalue weighted by Gasteiger charge is -2.33. The van der Waals surface area contributed by atoms with Gasteiger partial charge in [-0.3, -0.25) is 4.84 Å². The molecule has 0 aromatic rings. The second-order valence-electron chi connectivity index (χ2n) is 3.55. The van der Waals surface area contributed by atoms with E-state index in [4.69, 9.17) is 14.7 Å². The summed E-state index contributed by atoms with van der Waals surface area (Å²) in [5.74, 6) is 0. The van der Waals surface area contributed by atoms with Crippen molar-refractivity contribution in [1.82, 2.24) is 5.06 Å². The zero-order valence-electron chi connectivity index (χ0n) is 9.20. The molecule has 0 aromatic carbocycles. The highest BCUT2D eigenvalue weighted by Crippen LogP contribution is 2.17. The van der Waals surface area contributed by atoms with Gasteiger partial charge in [0.05, 0.1) is 5.60 Å². The van der Waals surface area contributed by atoms with Crippen LogP contribution in [0.3, 0.4) is 0 Å². The van der Waals surface area contributed by atoms with E-state index in [0.717, 1.165) is 0 Å². The van der Waals surface area contributed by atoms with Crippen molar-refractivity contribution in [2.45, 2.75) is 39.4 Å². The Morgan fingerprint density at radius 1 is 1.46 bits per heavy atom. The summed E-state index contributed by atoms with van der Waals surface area (Å²) in [5.41, 5.74) is -0.335. The molecule has 0 heterocycles. The lowest BCUT2D eigenvalue weighted by molar-refractivity contribution is -0.252. The summed E-state index contributed by atoms with van der Waals surface area (Å²) >= 11 is 0. The van der Waals surface area contributed by atoms with Gasteiger partial charge in [-0.05, 0) is 27.7 Å². The minimum atomic E-state index is -0.335. The molecule has 0 aliphatic carbocycles. The fraction of sp³-hybridized carbons (Fsp3) is 1.00. The van der Waals surface area contributed by atoms with Crippen LogP contribution in [0.2, 0.25) is 0 Å². The predicted octanol–water partition coefficient (Wildman–Crippen LogP) is 1.00. The Labute approximate surface area is 80.4 Å². The Morgan fingerprint density at radius 2 is 2.00 bits per heavy atom. The highest BCUT2D eigenvalue weighted by atomic mass is 16.7. The zero-order valence-corrected chi connectivity index (χ0v) is 9.20. The van der Waals surface area contributed by atoms with Gasteiger partial charge in [-0.15, -0.1) is 0 Å². The van der Waals surface area contributed by atoms with Crippen LogP contribution < -0.4 is 0 Å². The maximum absolute atomic E-state index is 8.74. The van der Waals surface area contributed by atoms with Crippen LogP contribution in [0.5, 0.6) is 0 Å². The summed E-state index contributed by atoms with van der Waals surface area (Å²) in [7, 11) is 1.68. The molecule has 0 bridgehead atoms. The van der Waals surface area contributed by atoms with Crippen LogP contribution >= 0.6 is 0 Å². The Kier molecular flexibility index (Phi) is 5.48. The van der Waals surface area contributed by atoms with Gasteiger partial charge in [-0.25, -0.2) is 0 Å². The Bertz CT molecular complexity index is 139. The third-order valence-corrected chi connectivity index (χ3v) is 2.03. The number of ether oxygens (including phenoxy) is 1. The second kappa shape index (κ2) is 5.54. The fourth-order valence-electron chi connectivity index (χ4n) is 0.920. The number of aliphatic hydroxyl groups excluding tert-OH is 1. The average Bonchev–Trinajstić information content (AvgIpc) is 2.04. The van der Waals surface area contributed by atoms with E-state index < -0.39 is 0 Å². The molecule has 0 rings (SSSR count). The molecular weight excluding hydrogens is 170 g/mol. The van der Waals surface area contributed by atoms with E-state index in [0.29, 0.717) is 6.61 Å². The summed E-state index contributed by atoms with van der Waals surface area (Å²) in [4.78, 5) is 5.38. The minimum absolute atomic E-state index is 0.0930. The summed E-state index contributed by atoms with van der Waals surface area (Å²) in [6.07, 6.45) is -0.0930. The molecule has 1 unspecified atom stereocenters. The topological polar surface area (TPSA) is 41.9 Å². The number of hydrogen-bond donors (Lipinski definition) is 1. The second-order valence-corrected chi connectivity index (χ2v) is 3.55. The average molecular weight is 191 g/mol. The third-order valence-electron chi connectivity index (χ3n) is 2.03. The first-order valence-corrected chi connectivity index (χ1v) is 4.56. The quantitative estimate of drug-likeness (QED) is 0.502. The summed E-state index contributed by atoms with van der Waals surface area (Å²) in [6.45, 7) is 8.33. The van der Waals surface area contributed by atoms with Crippen molar-refractivity contribution in [2.24, 2.45) is 0 Å². The fourth-order valence-corrected chi connectivity index (χ4v) is 0.920. The van der Waals surface area contributed by atoms with Crippen molar-refractivity contribution in [2.75, 3.05) is 20.4 Å². The highest BCUT2D eigenvalue weighted by Gasteiger charge is 2.28.